The summed E-state index contributed by atoms with van der Waals surface area (Å²) in [5.41, 5.74) is 0.981. The Labute approximate surface area is 171 Å². The van der Waals surface area contributed by atoms with Gasteiger partial charge in [0.25, 0.3) is 0 Å². The molecule has 1 aromatic heterocycles. The molecular formula is C22H29N5O2. The number of aromatic nitrogens is 3. The van der Waals surface area contributed by atoms with Gasteiger partial charge in [-0.05, 0) is 25.7 Å². The van der Waals surface area contributed by atoms with E-state index < -0.39 is 0 Å². The van der Waals surface area contributed by atoms with Crippen LogP contribution in [0.1, 0.15) is 56.7 Å². The summed E-state index contributed by atoms with van der Waals surface area (Å²) < 4.78 is 0. The van der Waals surface area contributed by atoms with Crippen molar-refractivity contribution in [1.29, 1.82) is 0 Å². The minimum Gasteiger partial charge on any atom is -0.340 e. The topological polar surface area (TPSA) is 82.2 Å². The van der Waals surface area contributed by atoms with Gasteiger partial charge in [-0.3, -0.25) is 14.7 Å². The van der Waals surface area contributed by atoms with E-state index in [-0.39, 0.29) is 24.3 Å². The average Bonchev–Trinajstić information content (AvgIpc) is 3.24. The lowest BCUT2D eigenvalue weighted by atomic mass is 9.97. The number of nitrogens with zero attached hydrogens (tertiary/aromatic N) is 4. The summed E-state index contributed by atoms with van der Waals surface area (Å²) in [6.45, 7) is 2.28. The Kier molecular flexibility index (Phi) is 6.22. The van der Waals surface area contributed by atoms with Crippen LogP contribution in [0.3, 0.4) is 0 Å². The van der Waals surface area contributed by atoms with Crippen LogP contribution < -0.4 is 0 Å². The molecule has 0 bridgehead atoms. The summed E-state index contributed by atoms with van der Waals surface area (Å²) in [7, 11) is 0. The maximum Gasteiger partial charge on any atom is 0.242 e. The lowest BCUT2D eigenvalue weighted by Crippen LogP contribution is -2.46. The molecule has 4 rings (SSSR count). The van der Waals surface area contributed by atoms with Gasteiger partial charge in [0.2, 0.25) is 11.8 Å². The number of carbonyl (C=O) groups is 2. The van der Waals surface area contributed by atoms with Gasteiger partial charge in [-0.2, -0.15) is 5.10 Å². The number of benzene rings is 1. The molecule has 7 nitrogen and oxygen atoms in total. The van der Waals surface area contributed by atoms with Crippen molar-refractivity contribution < 1.29 is 9.59 Å². The third kappa shape index (κ3) is 4.83. The average molecular weight is 396 g/mol. The SMILES string of the molecule is O=C1CCCCCCN1CC(=O)N1CCCC(c2nc(-c3ccccc3)n[nH]2)C1. The van der Waals surface area contributed by atoms with E-state index in [1.54, 1.807) is 4.90 Å². The number of hydrogen-bond acceptors (Lipinski definition) is 4. The Bertz CT molecular complexity index is 835. The van der Waals surface area contributed by atoms with E-state index in [1.807, 2.05) is 35.2 Å². The molecule has 154 valence electrons. The molecule has 1 unspecified atom stereocenters. The van der Waals surface area contributed by atoms with Crippen molar-refractivity contribution in [2.75, 3.05) is 26.2 Å². The number of amides is 2. The number of piperidine rings is 1. The minimum absolute atomic E-state index is 0.0476. The second-order valence-electron chi connectivity index (χ2n) is 8.07. The number of H-pyrrole nitrogens is 1. The predicted octanol–water partition coefficient (Wildman–Crippen LogP) is 2.97. The van der Waals surface area contributed by atoms with Crippen LogP contribution in [0, 0.1) is 0 Å². The summed E-state index contributed by atoms with van der Waals surface area (Å²) in [4.78, 5) is 33.6. The van der Waals surface area contributed by atoms with Crippen molar-refractivity contribution in [3.63, 3.8) is 0 Å². The lowest BCUT2D eigenvalue weighted by molar-refractivity contribution is -0.141. The Morgan fingerprint density at radius 1 is 1.07 bits per heavy atom. The molecule has 2 aliphatic heterocycles. The highest BCUT2D eigenvalue weighted by atomic mass is 16.2. The van der Waals surface area contributed by atoms with Crippen molar-refractivity contribution in [2.24, 2.45) is 0 Å². The number of nitrogens with one attached hydrogen (secondary N) is 1. The first-order valence-corrected chi connectivity index (χ1v) is 10.7. The molecule has 0 saturated carbocycles. The molecule has 2 aromatic rings. The first-order chi connectivity index (χ1) is 14.2. The van der Waals surface area contributed by atoms with Gasteiger partial charge in [-0.1, -0.05) is 43.2 Å². The number of aromatic amines is 1. The molecule has 0 aliphatic carbocycles. The Morgan fingerprint density at radius 3 is 2.76 bits per heavy atom. The van der Waals surface area contributed by atoms with Gasteiger partial charge in [0.05, 0.1) is 6.54 Å². The third-order valence-corrected chi connectivity index (χ3v) is 5.94. The van der Waals surface area contributed by atoms with Crippen LogP contribution in [0.2, 0.25) is 0 Å². The quantitative estimate of drug-likeness (QED) is 0.863. The van der Waals surface area contributed by atoms with Gasteiger partial charge < -0.3 is 9.80 Å². The first kappa shape index (κ1) is 19.6. The van der Waals surface area contributed by atoms with Gasteiger partial charge in [-0.25, -0.2) is 4.98 Å². The molecule has 0 spiro atoms. The molecule has 3 heterocycles. The Morgan fingerprint density at radius 2 is 1.90 bits per heavy atom. The van der Waals surface area contributed by atoms with Crippen molar-refractivity contribution in [3.05, 3.63) is 36.2 Å². The standard InChI is InChI=1S/C22H29N5O2/c28-19-12-6-1-2-7-13-27(19)16-20(29)26-14-8-11-18(15-26)22-23-21(24-25-22)17-9-4-3-5-10-17/h3-5,9-10,18H,1-2,6-8,11-16H2,(H,23,24,25). The smallest absolute Gasteiger partial charge is 0.242 e. The van der Waals surface area contributed by atoms with E-state index >= 15 is 0 Å². The summed E-state index contributed by atoms with van der Waals surface area (Å²) in [5.74, 6) is 1.85. The molecule has 1 atom stereocenters. The molecule has 2 amide bonds. The molecule has 1 aromatic carbocycles. The fourth-order valence-electron chi connectivity index (χ4n) is 4.25. The van der Waals surface area contributed by atoms with Crippen LogP contribution in [0.4, 0.5) is 0 Å². The van der Waals surface area contributed by atoms with E-state index in [0.29, 0.717) is 25.3 Å². The molecule has 1 N–H and O–H groups in total. The Balaban J connectivity index is 1.38. The van der Waals surface area contributed by atoms with Gasteiger partial charge >= 0.3 is 0 Å². The summed E-state index contributed by atoms with van der Waals surface area (Å²) in [6, 6.07) is 9.89. The highest BCUT2D eigenvalue weighted by Crippen LogP contribution is 2.26. The van der Waals surface area contributed by atoms with Crippen LogP contribution in [0.25, 0.3) is 11.4 Å². The van der Waals surface area contributed by atoms with Gasteiger partial charge in [0, 0.05) is 37.5 Å². The molecule has 0 radical (unpaired) electrons. The molecular weight excluding hydrogens is 366 g/mol. The van der Waals surface area contributed by atoms with Gasteiger partial charge in [-0.15, -0.1) is 0 Å². The second-order valence-corrected chi connectivity index (χ2v) is 8.07. The highest BCUT2D eigenvalue weighted by molar-refractivity contribution is 5.85. The maximum atomic E-state index is 12.9. The predicted molar refractivity (Wildman–Crippen MR) is 110 cm³/mol. The van der Waals surface area contributed by atoms with Crippen molar-refractivity contribution in [3.8, 4) is 11.4 Å². The maximum absolute atomic E-state index is 12.9. The number of carbonyl (C=O) groups excluding carboxylic acids is 2. The molecule has 2 aliphatic rings. The molecule has 7 heteroatoms. The zero-order chi connectivity index (χ0) is 20.1. The minimum atomic E-state index is 0.0476. The van der Waals surface area contributed by atoms with Crippen molar-refractivity contribution >= 4 is 11.8 Å². The number of rotatable bonds is 4. The second kappa shape index (κ2) is 9.20. The monoisotopic (exact) mass is 395 g/mol. The van der Waals surface area contributed by atoms with E-state index in [0.717, 1.165) is 56.5 Å². The molecule has 2 saturated heterocycles. The summed E-state index contributed by atoms with van der Waals surface area (Å²) in [6.07, 6.45) is 6.66. The highest BCUT2D eigenvalue weighted by Gasteiger charge is 2.29. The first-order valence-electron chi connectivity index (χ1n) is 10.7. The van der Waals surface area contributed by atoms with E-state index in [2.05, 4.69) is 15.2 Å². The summed E-state index contributed by atoms with van der Waals surface area (Å²) >= 11 is 0. The molecule has 29 heavy (non-hydrogen) atoms. The largest absolute Gasteiger partial charge is 0.340 e. The normalized spacial score (nSPS) is 21.0. The number of likely N-dealkylation sites (tertiary alicyclic amines) is 2. The van der Waals surface area contributed by atoms with Gasteiger partial charge in [0.15, 0.2) is 5.82 Å². The van der Waals surface area contributed by atoms with E-state index in [9.17, 15) is 9.59 Å². The zero-order valence-corrected chi connectivity index (χ0v) is 16.8. The Hall–Kier alpha value is -2.70. The van der Waals surface area contributed by atoms with Crippen molar-refractivity contribution in [1.82, 2.24) is 25.0 Å². The fourth-order valence-corrected chi connectivity index (χ4v) is 4.25. The van der Waals surface area contributed by atoms with Crippen molar-refractivity contribution in [2.45, 2.75) is 50.9 Å². The van der Waals surface area contributed by atoms with Crippen LogP contribution in [0.5, 0.6) is 0 Å². The van der Waals surface area contributed by atoms with E-state index in [4.69, 9.17) is 0 Å². The van der Waals surface area contributed by atoms with Crippen LogP contribution in [0.15, 0.2) is 30.3 Å². The number of hydrogen-bond donors (Lipinski definition) is 1. The fraction of sp³-hybridized carbons (Fsp3) is 0.545. The van der Waals surface area contributed by atoms with Gasteiger partial charge in [0.1, 0.15) is 5.82 Å². The van der Waals surface area contributed by atoms with Crippen LogP contribution in [-0.4, -0.2) is 63.0 Å². The molecule has 2 fully saturated rings. The van der Waals surface area contributed by atoms with Crippen LogP contribution in [-0.2, 0) is 9.59 Å². The van der Waals surface area contributed by atoms with Crippen LogP contribution >= 0.6 is 0 Å². The van der Waals surface area contributed by atoms with E-state index in [1.165, 1.54) is 0 Å². The lowest BCUT2D eigenvalue weighted by Gasteiger charge is -2.34. The zero-order valence-electron chi connectivity index (χ0n) is 16.8. The third-order valence-electron chi connectivity index (χ3n) is 5.94. The summed E-state index contributed by atoms with van der Waals surface area (Å²) in [5, 5.41) is 7.44.